The Hall–Kier alpha value is -2.22. The summed E-state index contributed by atoms with van der Waals surface area (Å²) in [5, 5.41) is 0. The van der Waals surface area contributed by atoms with Gasteiger partial charge < -0.3 is 4.42 Å². The van der Waals surface area contributed by atoms with Crippen molar-refractivity contribution in [3.8, 4) is 0 Å². The van der Waals surface area contributed by atoms with E-state index in [4.69, 9.17) is 4.42 Å². The van der Waals surface area contributed by atoms with Gasteiger partial charge in [-0.3, -0.25) is 4.90 Å². The van der Waals surface area contributed by atoms with Crippen LogP contribution in [0.5, 0.6) is 0 Å². The first-order chi connectivity index (χ1) is 15.5. The molecule has 32 heavy (non-hydrogen) atoms. The van der Waals surface area contributed by atoms with Gasteiger partial charge in [-0.1, -0.05) is 37.5 Å². The summed E-state index contributed by atoms with van der Waals surface area (Å²) in [5.74, 6) is 1.26. The predicted octanol–water partition coefficient (Wildman–Crippen LogP) is 4.69. The van der Waals surface area contributed by atoms with E-state index in [1.54, 1.807) is 16.4 Å². The summed E-state index contributed by atoms with van der Waals surface area (Å²) >= 11 is 0. The van der Waals surface area contributed by atoms with Gasteiger partial charge in [-0.25, -0.2) is 13.4 Å². The number of hydrogen-bond acceptors (Lipinski definition) is 5. The van der Waals surface area contributed by atoms with Crippen LogP contribution in [-0.4, -0.2) is 48.8 Å². The van der Waals surface area contributed by atoms with Crippen molar-refractivity contribution in [2.24, 2.45) is 0 Å². The van der Waals surface area contributed by atoms with E-state index in [9.17, 15) is 8.42 Å². The second-order valence-corrected chi connectivity index (χ2v) is 11.1. The zero-order valence-electron chi connectivity index (χ0n) is 18.7. The lowest BCUT2D eigenvalue weighted by Gasteiger charge is -2.33. The molecule has 7 heteroatoms. The van der Waals surface area contributed by atoms with Crippen LogP contribution < -0.4 is 0 Å². The number of rotatable bonds is 5. The van der Waals surface area contributed by atoms with E-state index >= 15 is 0 Å². The maximum Gasteiger partial charge on any atom is 0.243 e. The average molecular weight is 454 g/mol. The molecule has 2 aliphatic rings. The first-order valence-electron chi connectivity index (χ1n) is 11.7. The summed E-state index contributed by atoms with van der Waals surface area (Å²) in [6.45, 7) is 4.91. The molecule has 0 radical (unpaired) electrons. The number of fused-ring (bicyclic) bond motifs is 1. The third-order valence-corrected chi connectivity index (χ3v) is 8.79. The fraction of sp³-hybridized carbons (Fsp3) is 0.480. The van der Waals surface area contributed by atoms with Crippen LogP contribution in [0.1, 0.15) is 55.0 Å². The number of sulfonamides is 1. The van der Waals surface area contributed by atoms with Crippen LogP contribution in [0.15, 0.2) is 51.8 Å². The highest BCUT2D eigenvalue weighted by atomic mass is 32.2. The zero-order chi connectivity index (χ0) is 22.1. The van der Waals surface area contributed by atoms with Crippen molar-refractivity contribution in [1.29, 1.82) is 0 Å². The highest BCUT2D eigenvalue weighted by molar-refractivity contribution is 7.89. The predicted molar refractivity (Wildman–Crippen MR) is 125 cm³/mol. The van der Waals surface area contributed by atoms with Crippen molar-refractivity contribution < 1.29 is 12.8 Å². The molecule has 170 valence electrons. The van der Waals surface area contributed by atoms with Gasteiger partial charge in [0.25, 0.3) is 0 Å². The lowest BCUT2D eigenvalue weighted by atomic mass is 9.84. The van der Waals surface area contributed by atoms with E-state index in [2.05, 4.69) is 9.88 Å². The van der Waals surface area contributed by atoms with Crippen LogP contribution >= 0.6 is 0 Å². The van der Waals surface area contributed by atoms with E-state index in [1.807, 2.05) is 37.3 Å². The van der Waals surface area contributed by atoms with Crippen molar-refractivity contribution in [3.05, 3.63) is 59.5 Å². The van der Waals surface area contributed by atoms with E-state index < -0.39 is 10.0 Å². The largest absolute Gasteiger partial charge is 0.439 e. The van der Waals surface area contributed by atoms with Gasteiger partial charge in [-0.15, -0.1) is 0 Å². The van der Waals surface area contributed by atoms with E-state index in [-0.39, 0.29) is 0 Å². The fourth-order valence-electron chi connectivity index (χ4n) is 4.96. The van der Waals surface area contributed by atoms with E-state index in [1.165, 1.54) is 37.7 Å². The number of oxazole rings is 1. The molecule has 0 unspecified atom stereocenters. The molecular formula is C25H31N3O3S. The van der Waals surface area contributed by atoms with Crippen LogP contribution in [0.25, 0.3) is 11.1 Å². The average Bonchev–Trinajstić information content (AvgIpc) is 3.21. The number of benzene rings is 2. The third-order valence-electron chi connectivity index (χ3n) is 6.87. The SMILES string of the molecule is Cc1ccc2nc(CN3CCN(S(=O)(=O)c4ccc(C5CCCCC5)cc4)CC3)oc2c1. The van der Waals surface area contributed by atoms with Gasteiger partial charge in [0.1, 0.15) is 5.52 Å². The molecule has 0 amide bonds. The lowest BCUT2D eigenvalue weighted by molar-refractivity contribution is 0.169. The van der Waals surface area contributed by atoms with Gasteiger partial charge in [0.05, 0.1) is 11.4 Å². The second kappa shape index (κ2) is 8.96. The van der Waals surface area contributed by atoms with Gasteiger partial charge in [0.15, 0.2) is 5.58 Å². The van der Waals surface area contributed by atoms with Gasteiger partial charge in [-0.05, 0) is 61.1 Å². The molecule has 1 aromatic heterocycles. The Morgan fingerprint density at radius 3 is 2.41 bits per heavy atom. The second-order valence-electron chi connectivity index (χ2n) is 9.16. The number of aromatic nitrogens is 1. The van der Waals surface area contributed by atoms with E-state index in [0.29, 0.717) is 49.4 Å². The molecule has 0 atom stereocenters. The molecule has 1 aliphatic carbocycles. The normalized spacial score (nSPS) is 19.5. The molecule has 3 aromatic rings. The van der Waals surface area contributed by atoms with Crippen molar-refractivity contribution in [1.82, 2.24) is 14.2 Å². The van der Waals surface area contributed by atoms with Crippen molar-refractivity contribution in [3.63, 3.8) is 0 Å². The van der Waals surface area contributed by atoms with Gasteiger partial charge in [0.2, 0.25) is 15.9 Å². The minimum atomic E-state index is -3.46. The van der Waals surface area contributed by atoms with Crippen LogP contribution in [0, 0.1) is 6.92 Å². The summed E-state index contributed by atoms with van der Waals surface area (Å²) in [6.07, 6.45) is 6.30. The smallest absolute Gasteiger partial charge is 0.243 e. The minimum absolute atomic E-state index is 0.403. The third kappa shape index (κ3) is 4.47. The molecule has 1 aliphatic heterocycles. The molecular weight excluding hydrogens is 422 g/mol. The Morgan fingerprint density at radius 1 is 0.969 bits per heavy atom. The van der Waals surface area contributed by atoms with Crippen molar-refractivity contribution >= 4 is 21.1 Å². The summed E-state index contributed by atoms with van der Waals surface area (Å²) in [6, 6.07) is 13.6. The van der Waals surface area contributed by atoms with Crippen LogP contribution in [0.3, 0.4) is 0 Å². The van der Waals surface area contributed by atoms with Crippen LogP contribution in [-0.2, 0) is 16.6 Å². The molecule has 2 fully saturated rings. The first-order valence-corrected chi connectivity index (χ1v) is 13.1. The molecule has 5 rings (SSSR count). The van der Waals surface area contributed by atoms with Gasteiger partial charge >= 0.3 is 0 Å². The maximum absolute atomic E-state index is 13.2. The van der Waals surface area contributed by atoms with Gasteiger partial charge in [0, 0.05) is 26.2 Å². The lowest BCUT2D eigenvalue weighted by Crippen LogP contribution is -2.48. The Balaban J connectivity index is 1.21. The highest BCUT2D eigenvalue weighted by Crippen LogP contribution is 2.33. The molecule has 6 nitrogen and oxygen atoms in total. The quantitative estimate of drug-likeness (QED) is 0.561. The zero-order valence-corrected chi connectivity index (χ0v) is 19.5. The van der Waals surface area contributed by atoms with Gasteiger partial charge in [-0.2, -0.15) is 4.31 Å². The topological polar surface area (TPSA) is 66.7 Å². The Bertz CT molecular complexity index is 1170. The summed E-state index contributed by atoms with van der Waals surface area (Å²) in [7, 11) is -3.46. The summed E-state index contributed by atoms with van der Waals surface area (Å²) in [4.78, 5) is 7.18. The first kappa shape index (κ1) is 21.6. The molecule has 0 spiro atoms. The number of aryl methyl sites for hydroxylation is 1. The maximum atomic E-state index is 13.2. The highest BCUT2D eigenvalue weighted by Gasteiger charge is 2.29. The monoisotopic (exact) mass is 453 g/mol. The van der Waals surface area contributed by atoms with Crippen molar-refractivity contribution in [2.75, 3.05) is 26.2 Å². The number of nitrogens with zero attached hydrogens (tertiary/aromatic N) is 3. The Kier molecular flexibility index (Phi) is 6.05. The molecule has 2 heterocycles. The molecule has 1 saturated carbocycles. The minimum Gasteiger partial charge on any atom is -0.439 e. The van der Waals surface area contributed by atoms with E-state index in [0.717, 1.165) is 16.7 Å². The summed E-state index contributed by atoms with van der Waals surface area (Å²) in [5.41, 5.74) is 4.09. The fourth-order valence-corrected chi connectivity index (χ4v) is 6.39. The number of piperazine rings is 1. The molecule has 2 aromatic carbocycles. The Labute approximate surface area is 190 Å². The number of hydrogen-bond donors (Lipinski definition) is 0. The van der Waals surface area contributed by atoms with Crippen LogP contribution in [0.2, 0.25) is 0 Å². The van der Waals surface area contributed by atoms with Crippen LogP contribution in [0.4, 0.5) is 0 Å². The molecule has 1 saturated heterocycles. The molecule has 0 bridgehead atoms. The Morgan fingerprint density at radius 2 is 1.69 bits per heavy atom. The standard InChI is InChI=1S/C25H31N3O3S/c1-19-7-12-23-24(17-19)31-25(26-23)18-27-13-15-28(16-14-27)32(29,30)22-10-8-21(9-11-22)20-5-3-2-4-6-20/h7-12,17,20H,2-6,13-16,18H2,1H3. The van der Waals surface area contributed by atoms with Crippen molar-refractivity contribution in [2.45, 2.75) is 56.4 Å². The molecule has 0 N–H and O–H groups in total. The summed E-state index contributed by atoms with van der Waals surface area (Å²) < 4.78 is 33.8.